The van der Waals surface area contributed by atoms with Crippen molar-refractivity contribution in [3.8, 4) is 11.3 Å². The van der Waals surface area contributed by atoms with Crippen LogP contribution in [-0.2, 0) is 0 Å². The van der Waals surface area contributed by atoms with Gasteiger partial charge in [0.25, 0.3) is 0 Å². The number of nitrogens with zero attached hydrogens (tertiary/aromatic N) is 1. The molecule has 3 rings (SSSR count). The molecule has 4 heteroatoms. The van der Waals surface area contributed by atoms with E-state index in [2.05, 4.69) is 21.4 Å². The van der Waals surface area contributed by atoms with Crippen molar-refractivity contribution in [2.24, 2.45) is 0 Å². The van der Waals surface area contributed by atoms with Gasteiger partial charge in [0.15, 0.2) is 0 Å². The SMILES string of the molecule is Cc1c(Cl)cccc1-c1cnc([C@@H]2CCCN2)[nH]1. The lowest BCUT2D eigenvalue weighted by atomic mass is 10.1. The van der Waals surface area contributed by atoms with Gasteiger partial charge < -0.3 is 10.3 Å². The Morgan fingerprint density at radius 1 is 1.39 bits per heavy atom. The lowest BCUT2D eigenvalue weighted by Crippen LogP contribution is -2.14. The highest BCUT2D eigenvalue weighted by atomic mass is 35.5. The van der Waals surface area contributed by atoms with Crippen molar-refractivity contribution in [3.05, 3.63) is 40.8 Å². The third-order valence-corrected chi connectivity index (χ3v) is 3.95. The highest BCUT2D eigenvalue weighted by molar-refractivity contribution is 6.31. The number of halogens is 1. The first kappa shape index (κ1) is 11.8. The van der Waals surface area contributed by atoms with Crippen LogP contribution in [0.3, 0.4) is 0 Å². The lowest BCUT2D eigenvalue weighted by molar-refractivity contribution is 0.613. The summed E-state index contributed by atoms with van der Waals surface area (Å²) < 4.78 is 0. The zero-order valence-corrected chi connectivity index (χ0v) is 11.1. The predicted molar refractivity (Wildman–Crippen MR) is 73.7 cm³/mol. The number of aromatic amines is 1. The molecule has 2 heterocycles. The van der Waals surface area contributed by atoms with E-state index in [0.29, 0.717) is 6.04 Å². The average molecular weight is 262 g/mol. The molecule has 0 saturated carbocycles. The van der Waals surface area contributed by atoms with Gasteiger partial charge in [0.2, 0.25) is 0 Å². The zero-order chi connectivity index (χ0) is 12.5. The van der Waals surface area contributed by atoms with E-state index < -0.39 is 0 Å². The monoisotopic (exact) mass is 261 g/mol. The van der Waals surface area contributed by atoms with Gasteiger partial charge in [-0.05, 0) is 37.9 Å². The maximum absolute atomic E-state index is 6.15. The standard InChI is InChI=1S/C14H16ClN3/c1-9-10(4-2-5-11(9)15)13-8-17-14(18-13)12-6-3-7-16-12/h2,4-5,8,12,16H,3,6-7H2,1H3,(H,17,18)/t12-/m0/s1. The van der Waals surface area contributed by atoms with Gasteiger partial charge in [-0.1, -0.05) is 23.7 Å². The van der Waals surface area contributed by atoms with Crippen LogP contribution in [0.25, 0.3) is 11.3 Å². The molecule has 1 aliphatic heterocycles. The number of H-pyrrole nitrogens is 1. The van der Waals surface area contributed by atoms with Gasteiger partial charge in [0.1, 0.15) is 5.82 Å². The molecule has 94 valence electrons. The molecule has 0 aliphatic carbocycles. The summed E-state index contributed by atoms with van der Waals surface area (Å²) in [7, 11) is 0. The fourth-order valence-corrected chi connectivity index (χ4v) is 2.64. The molecular formula is C14H16ClN3. The quantitative estimate of drug-likeness (QED) is 0.869. The van der Waals surface area contributed by atoms with E-state index in [0.717, 1.165) is 40.6 Å². The Morgan fingerprint density at radius 2 is 2.28 bits per heavy atom. The van der Waals surface area contributed by atoms with Crippen molar-refractivity contribution in [2.75, 3.05) is 6.54 Å². The zero-order valence-electron chi connectivity index (χ0n) is 10.3. The lowest BCUT2D eigenvalue weighted by Gasteiger charge is -2.07. The average Bonchev–Trinajstić information content (AvgIpc) is 3.01. The summed E-state index contributed by atoms with van der Waals surface area (Å²) in [5, 5.41) is 4.24. The molecule has 18 heavy (non-hydrogen) atoms. The second-order valence-electron chi connectivity index (χ2n) is 4.74. The maximum atomic E-state index is 6.15. The van der Waals surface area contributed by atoms with Crippen LogP contribution >= 0.6 is 11.6 Å². The first-order chi connectivity index (χ1) is 8.75. The van der Waals surface area contributed by atoms with Gasteiger partial charge in [0.05, 0.1) is 17.9 Å². The Morgan fingerprint density at radius 3 is 3.06 bits per heavy atom. The van der Waals surface area contributed by atoms with E-state index in [1.54, 1.807) is 0 Å². The van der Waals surface area contributed by atoms with Crippen molar-refractivity contribution in [1.82, 2.24) is 15.3 Å². The number of rotatable bonds is 2. The van der Waals surface area contributed by atoms with Crippen LogP contribution in [0.5, 0.6) is 0 Å². The van der Waals surface area contributed by atoms with E-state index >= 15 is 0 Å². The highest BCUT2D eigenvalue weighted by Gasteiger charge is 2.19. The Hall–Kier alpha value is -1.32. The van der Waals surface area contributed by atoms with Crippen molar-refractivity contribution in [2.45, 2.75) is 25.8 Å². The molecule has 0 bridgehead atoms. The minimum absolute atomic E-state index is 0.373. The molecule has 0 spiro atoms. The van der Waals surface area contributed by atoms with Crippen molar-refractivity contribution < 1.29 is 0 Å². The van der Waals surface area contributed by atoms with Crippen LogP contribution in [0.15, 0.2) is 24.4 Å². The fraction of sp³-hybridized carbons (Fsp3) is 0.357. The van der Waals surface area contributed by atoms with Crippen molar-refractivity contribution in [3.63, 3.8) is 0 Å². The minimum atomic E-state index is 0.373. The summed E-state index contributed by atoms with van der Waals surface area (Å²) in [5.41, 5.74) is 3.26. The van der Waals surface area contributed by atoms with E-state index in [9.17, 15) is 0 Å². The van der Waals surface area contributed by atoms with Gasteiger partial charge in [-0.3, -0.25) is 0 Å². The van der Waals surface area contributed by atoms with E-state index in [1.807, 2.05) is 25.3 Å². The van der Waals surface area contributed by atoms with E-state index in [4.69, 9.17) is 11.6 Å². The van der Waals surface area contributed by atoms with Crippen molar-refractivity contribution >= 4 is 11.6 Å². The molecule has 2 N–H and O–H groups in total. The summed E-state index contributed by atoms with van der Waals surface area (Å²) >= 11 is 6.15. The number of aromatic nitrogens is 2. The molecule has 0 radical (unpaired) electrons. The van der Waals surface area contributed by atoms with Crippen LogP contribution in [0.4, 0.5) is 0 Å². The minimum Gasteiger partial charge on any atom is -0.341 e. The molecule has 1 aromatic carbocycles. The van der Waals surface area contributed by atoms with E-state index in [1.165, 1.54) is 6.42 Å². The number of nitrogens with one attached hydrogen (secondary N) is 2. The molecule has 1 atom stereocenters. The largest absolute Gasteiger partial charge is 0.341 e. The summed E-state index contributed by atoms with van der Waals surface area (Å²) in [6, 6.07) is 6.33. The maximum Gasteiger partial charge on any atom is 0.123 e. The van der Waals surface area contributed by atoms with Crippen LogP contribution in [0.1, 0.15) is 30.3 Å². The number of hydrogen-bond donors (Lipinski definition) is 2. The van der Waals surface area contributed by atoms with Crippen LogP contribution in [0.2, 0.25) is 5.02 Å². The Kier molecular flexibility index (Phi) is 3.10. The summed E-state index contributed by atoms with van der Waals surface area (Å²) in [4.78, 5) is 7.89. The molecule has 1 saturated heterocycles. The molecule has 0 unspecified atom stereocenters. The summed E-state index contributed by atoms with van der Waals surface area (Å²) in [6.45, 7) is 3.11. The highest BCUT2D eigenvalue weighted by Crippen LogP contribution is 2.29. The van der Waals surface area contributed by atoms with Crippen LogP contribution < -0.4 is 5.32 Å². The second kappa shape index (κ2) is 4.75. The smallest absolute Gasteiger partial charge is 0.123 e. The van der Waals surface area contributed by atoms with Gasteiger partial charge in [-0.25, -0.2) is 4.98 Å². The second-order valence-corrected chi connectivity index (χ2v) is 5.15. The molecule has 1 aliphatic rings. The topological polar surface area (TPSA) is 40.7 Å². The summed E-state index contributed by atoms with van der Waals surface area (Å²) in [5.74, 6) is 1.03. The molecular weight excluding hydrogens is 246 g/mol. The van der Waals surface area contributed by atoms with E-state index in [-0.39, 0.29) is 0 Å². The first-order valence-electron chi connectivity index (χ1n) is 6.29. The molecule has 1 fully saturated rings. The third-order valence-electron chi connectivity index (χ3n) is 3.54. The van der Waals surface area contributed by atoms with Gasteiger partial charge >= 0.3 is 0 Å². The first-order valence-corrected chi connectivity index (χ1v) is 6.67. The molecule has 2 aromatic rings. The normalized spacial score (nSPS) is 19.3. The van der Waals surface area contributed by atoms with Gasteiger partial charge in [0, 0.05) is 10.6 Å². The third kappa shape index (κ3) is 2.04. The summed E-state index contributed by atoms with van der Waals surface area (Å²) in [6.07, 6.45) is 4.27. The Bertz CT molecular complexity index is 556. The molecule has 0 amide bonds. The Labute approximate surface area is 112 Å². The van der Waals surface area contributed by atoms with Gasteiger partial charge in [-0.15, -0.1) is 0 Å². The van der Waals surface area contributed by atoms with Crippen molar-refractivity contribution in [1.29, 1.82) is 0 Å². The van der Waals surface area contributed by atoms with Crippen LogP contribution in [0, 0.1) is 6.92 Å². The van der Waals surface area contributed by atoms with Gasteiger partial charge in [-0.2, -0.15) is 0 Å². The predicted octanol–water partition coefficient (Wildman–Crippen LogP) is 3.46. The fourth-order valence-electron chi connectivity index (χ4n) is 2.47. The van der Waals surface area contributed by atoms with Crippen LogP contribution in [-0.4, -0.2) is 16.5 Å². The number of hydrogen-bond acceptors (Lipinski definition) is 2. The molecule has 1 aromatic heterocycles. The Balaban J connectivity index is 1.95. The molecule has 3 nitrogen and oxygen atoms in total. The number of imidazole rings is 1. The number of benzene rings is 1.